The Bertz CT molecular complexity index is 630. The normalized spacial score (nSPS) is 15.0. The minimum Gasteiger partial charge on any atom is -0.497 e. The summed E-state index contributed by atoms with van der Waals surface area (Å²) in [6, 6.07) is 7.38. The first-order chi connectivity index (χ1) is 10.8. The molecule has 0 saturated heterocycles. The third-order valence-corrected chi connectivity index (χ3v) is 3.95. The van der Waals surface area contributed by atoms with Crippen molar-refractivity contribution in [1.29, 1.82) is 0 Å². The Kier molecular flexibility index (Phi) is 4.37. The largest absolute Gasteiger partial charge is 0.497 e. The van der Waals surface area contributed by atoms with Crippen LogP contribution in [0.3, 0.4) is 0 Å². The number of aromatic nitrogens is 2. The van der Waals surface area contributed by atoms with Gasteiger partial charge in [-0.3, -0.25) is 4.79 Å². The maximum Gasteiger partial charge on any atom is 0.257 e. The summed E-state index contributed by atoms with van der Waals surface area (Å²) in [6.45, 7) is 0.301. The van der Waals surface area contributed by atoms with Crippen molar-refractivity contribution in [2.45, 2.75) is 32.2 Å². The van der Waals surface area contributed by atoms with Crippen molar-refractivity contribution in [2.75, 3.05) is 7.11 Å². The Hall–Kier alpha value is -2.37. The van der Waals surface area contributed by atoms with E-state index in [9.17, 15) is 4.79 Å². The molecule has 1 saturated carbocycles. The number of amides is 1. The first-order valence-electron chi connectivity index (χ1n) is 7.51. The summed E-state index contributed by atoms with van der Waals surface area (Å²) in [5.74, 6) is 1.93. The third kappa shape index (κ3) is 3.27. The molecule has 1 heterocycles. The lowest BCUT2D eigenvalue weighted by Crippen LogP contribution is -2.29. The van der Waals surface area contributed by atoms with Gasteiger partial charge in [0.2, 0.25) is 5.91 Å². The zero-order chi connectivity index (χ0) is 15.4. The lowest BCUT2D eigenvalue weighted by atomic mass is 10.1. The number of nitrogens with one attached hydrogen (secondary N) is 1. The minimum absolute atomic E-state index is 0.0910. The Labute approximate surface area is 128 Å². The van der Waals surface area contributed by atoms with E-state index in [0.29, 0.717) is 18.3 Å². The maximum absolute atomic E-state index is 12.0. The van der Waals surface area contributed by atoms with Gasteiger partial charge in [-0.05, 0) is 37.1 Å². The molecule has 0 aliphatic heterocycles. The number of carbonyl (C=O) groups excluding carboxylic acids is 1. The van der Waals surface area contributed by atoms with Crippen molar-refractivity contribution in [3.05, 3.63) is 30.1 Å². The van der Waals surface area contributed by atoms with Crippen LogP contribution in [0, 0.1) is 5.92 Å². The summed E-state index contributed by atoms with van der Waals surface area (Å²) < 4.78 is 10.3. The van der Waals surface area contributed by atoms with Crippen molar-refractivity contribution in [2.24, 2.45) is 5.92 Å². The lowest BCUT2D eigenvalue weighted by Gasteiger charge is -2.07. The Morgan fingerprint density at radius 1 is 1.32 bits per heavy atom. The van der Waals surface area contributed by atoms with Crippen molar-refractivity contribution in [1.82, 2.24) is 15.5 Å². The van der Waals surface area contributed by atoms with Gasteiger partial charge in [0.05, 0.1) is 13.7 Å². The summed E-state index contributed by atoms with van der Waals surface area (Å²) in [6.07, 6.45) is 4.24. The first kappa shape index (κ1) is 14.6. The topological polar surface area (TPSA) is 77.2 Å². The van der Waals surface area contributed by atoms with Gasteiger partial charge in [-0.25, -0.2) is 0 Å². The fraction of sp³-hybridized carbons (Fsp3) is 0.438. The molecule has 1 fully saturated rings. The van der Waals surface area contributed by atoms with E-state index in [2.05, 4.69) is 15.5 Å². The predicted molar refractivity (Wildman–Crippen MR) is 80.1 cm³/mol. The highest BCUT2D eigenvalue weighted by atomic mass is 16.5. The first-order valence-corrected chi connectivity index (χ1v) is 7.51. The number of ether oxygens (including phenoxy) is 1. The molecule has 1 aliphatic carbocycles. The molecule has 3 rings (SSSR count). The molecule has 1 aliphatic rings. The fourth-order valence-corrected chi connectivity index (χ4v) is 2.68. The van der Waals surface area contributed by atoms with Gasteiger partial charge in [-0.15, -0.1) is 0 Å². The molecule has 1 aromatic heterocycles. The molecule has 6 nitrogen and oxygen atoms in total. The number of hydrogen-bond acceptors (Lipinski definition) is 5. The number of hydrogen-bond donors (Lipinski definition) is 1. The standard InChI is InChI=1S/C16H19N3O3/c1-21-13-8-6-12(7-9-13)16-18-14(19-22-16)10-17-15(20)11-4-2-3-5-11/h6-9,11H,2-5,10H2,1H3,(H,17,20). The zero-order valence-corrected chi connectivity index (χ0v) is 12.5. The summed E-state index contributed by atoms with van der Waals surface area (Å²) in [5, 5.41) is 6.78. The molecule has 0 spiro atoms. The molecule has 0 radical (unpaired) electrons. The molecule has 0 atom stereocenters. The van der Waals surface area contributed by atoms with Crippen LogP contribution in [0.1, 0.15) is 31.5 Å². The molecule has 1 N–H and O–H groups in total. The van der Waals surface area contributed by atoms with Crippen molar-refractivity contribution >= 4 is 5.91 Å². The Morgan fingerprint density at radius 2 is 2.05 bits per heavy atom. The van der Waals surface area contributed by atoms with Crippen LogP contribution in [0.2, 0.25) is 0 Å². The molecule has 116 valence electrons. The Morgan fingerprint density at radius 3 is 2.73 bits per heavy atom. The highest BCUT2D eigenvalue weighted by molar-refractivity contribution is 5.78. The molecule has 22 heavy (non-hydrogen) atoms. The smallest absolute Gasteiger partial charge is 0.257 e. The molecular formula is C16H19N3O3. The summed E-state index contributed by atoms with van der Waals surface area (Å²) >= 11 is 0. The average Bonchev–Trinajstić information content (AvgIpc) is 3.24. The van der Waals surface area contributed by atoms with E-state index in [1.54, 1.807) is 7.11 Å². The van der Waals surface area contributed by atoms with Crippen LogP contribution in [0.4, 0.5) is 0 Å². The molecule has 0 unspecified atom stereocenters. The van der Waals surface area contributed by atoms with Crippen LogP contribution in [0.25, 0.3) is 11.5 Å². The van der Waals surface area contributed by atoms with Crippen LogP contribution in [-0.2, 0) is 11.3 Å². The lowest BCUT2D eigenvalue weighted by molar-refractivity contribution is -0.125. The van der Waals surface area contributed by atoms with Crippen LogP contribution >= 0.6 is 0 Å². The number of nitrogens with zero attached hydrogens (tertiary/aromatic N) is 2. The monoisotopic (exact) mass is 301 g/mol. The molecule has 1 amide bonds. The van der Waals surface area contributed by atoms with Crippen LogP contribution in [0.5, 0.6) is 5.75 Å². The fourth-order valence-electron chi connectivity index (χ4n) is 2.68. The molecule has 1 aromatic carbocycles. The van der Waals surface area contributed by atoms with E-state index < -0.39 is 0 Å². The van der Waals surface area contributed by atoms with E-state index in [1.807, 2.05) is 24.3 Å². The number of benzene rings is 1. The number of methoxy groups -OCH3 is 1. The second kappa shape index (κ2) is 6.60. The van der Waals surface area contributed by atoms with Gasteiger partial charge in [0.25, 0.3) is 5.89 Å². The summed E-state index contributed by atoms with van der Waals surface area (Å²) in [4.78, 5) is 16.3. The van der Waals surface area contributed by atoms with Crippen LogP contribution in [-0.4, -0.2) is 23.2 Å². The minimum atomic E-state index is 0.0910. The van der Waals surface area contributed by atoms with Gasteiger partial charge in [0.1, 0.15) is 5.75 Å². The predicted octanol–water partition coefficient (Wildman–Crippen LogP) is 2.55. The second-order valence-corrected chi connectivity index (χ2v) is 5.44. The van der Waals surface area contributed by atoms with Gasteiger partial charge < -0.3 is 14.6 Å². The third-order valence-electron chi connectivity index (χ3n) is 3.95. The van der Waals surface area contributed by atoms with Gasteiger partial charge >= 0.3 is 0 Å². The molecule has 6 heteroatoms. The zero-order valence-electron chi connectivity index (χ0n) is 12.5. The summed E-state index contributed by atoms with van der Waals surface area (Å²) in [7, 11) is 1.62. The highest BCUT2D eigenvalue weighted by Gasteiger charge is 2.22. The molecular weight excluding hydrogens is 282 g/mol. The van der Waals surface area contributed by atoms with Crippen LogP contribution in [0.15, 0.2) is 28.8 Å². The van der Waals surface area contributed by atoms with Crippen molar-refractivity contribution < 1.29 is 14.1 Å². The number of carbonyl (C=O) groups is 1. The van der Waals surface area contributed by atoms with E-state index in [1.165, 1.54) is 0 Å². The SMILES string of the molecule is COc1ccc(-c2nc(CNC(=O)C3CCCC3)no2)cc1. The van der Waals surface area contributed by atoms with E-state index in [-0.39, 0.29) is 11.8 Å². The van der Waals surface area contributed by atoms with E-state index >= 15 is 0 Å². The van der Waals surface area contributed by atoms with Crippen LogP contribution < -0.4 is 10.1 Å². The second-order valence-electron chi connectivity index (χ2n) is 5.44. The van der Waals surface area contributed by atoms with Gasteiger partial charge in [-0.1, -0.05) is 18.0 Å². The number of rotatable bonds is 5. The van der Waals surface area contributed by atoms with Gasteiger partial charge in [0.15, 0.2) is 5.82 Å². The average molecular weight is 301 g/mol. The highest BCUT2D eigenvalue weighted by Crippen LogP contribution is 2.25. The molecule has 2 aromatic rings. The quantitative estimate of drug-likeness (QED) is 0.918. The van der Waals surface area contributed by atoms with E-state index in [0.717, 1.165) is 37.0 Å². The van der Waals surface area contributed by atoms with Crippen molar-refractivity contribution in [3.63, 3.8) is 0 Å². The van der Waals surface area contributed by atoms with Gasteiger partial charge in [-0.2, -0.15) is 4.98 Å². The summed E-state index contributed by atoms with van der Waals surface area (Å²) in [5.41, 5.74) is 0.821. The van der Waals surface area contributed by atoms with Crippen molar-refractivity contribution in [3.8, 4) is 17.2 Å². The maximum atomic E-state index is 12.0. The van der Waals surface area contributed by atoms with Gasteiger partial charge in [0, 0.05) is 11.5 Å². The van der Waals surface area contributed by atoms with E-state index in [4.69, 9.17) is 9.26 Å². The molecule has 0 bridgehead atoms. The Balaban J connectivity index is 1.59.